The molecule has 0 amide bonds. The van der Waals surface area contributed by atoms with E-state index in [4.69, 9.17) is 5.73 Å². The second-order valence-electron chi connectivity index (χ2n) is 5.44. The number of anilines is 2. The molecule has 1 aliphatic carbocycles. The first-order chi connectivity index (χ1) is 8.47. The normalized spacial score (nSPS) is 22.8. The van der Waals surface area contributed by atoms with E-state index in [-0.39, 0.29) is 11.9 Å². The van der Waals surface area contributed by atoms with Crippen molar-refractivity contribution in [3.05, 3.63) is 24.0 Å². The van der Waals surface area contributed by atoms with Gasteiger partial charge in [-0.25, -0.2) is 4.39 Å². The summed E-state index contributed by atoms with van der Waals surface area (Å²) in [7, 11) is 1.90. The molecule has 3 nitrogen and oxygen atoms in total. The van der Waals surface area contributed by atoms with Crippen LogP contribution in [0.5, 0.6) is 0 Å². The molecule has 18 heavy (non-hydrogen) atoms. The van der Waals surface area contributed by atoms with Gasteiger partial charge in [0.25, 0.3) is 0 Å². The first-order valence-electron chi connectivity index (χ1n) is 6.52. The van der Waals surface area contributed by atoms with Crippen LogP contribution in [0.25, 0.3) is 0 Å². The van der Waals surface area contributed by atoms with E-state index in [1.165, 1.54) is 0 Å². The molecular formula is C14H22FN3. The molecule has 2 rings (SSSR count). The molecular weight excluding hydrogens is 229 g/mol. The zero-order valence-electron chi connectivity index (χ0n) is 11.3. The van der Waals surface area contributed by atoms with Crippen LogP contribution >= 0.6 is 0 Å². The van der Waals surface area contributed by atoms with Gasteiger partial charge in [-0.05, 0) is 44.9 Å². The van der Waals surface area contributed by atoms with Crippen molar-refractivity contribution in [2.75, 3.05) is 17.3 Å². The Kier molecular flexibility index (Phi) is 3.76. The summed E-state index contributed by atoms with van der Waals surface area (Å²) < 4.78 is 14.0. The summed E-state index contributed by atoms with van der Waals surface area (Å²) in [6.07, 6.45) is 1.94. The first kappa shape index (κ1) is 13.1. The molecule has 0 aliphatic heterocycles. The van der Waals surface area contributed by atoms with Crippen molar-refractivity contribution in [1.29, 1.82) is 0 Å². The molecule has 0 spiro atoms. The fraction of sp³-hybridized carbons (Fsp3) is 0.571. The van der Waals surface area contributed by atoms with Crippen LogP contribution in [0.3, 0.4) is 0 Å². The summed E-state index contributed by atoms with van der Waals surface area (Å²) in [4.78, 5) is 1.93. The Morgan fingerprint density at radius 3 is 2.56 bits per heavy atom. The van der Waals surface area contributed by atoms with Crippen LogP contribution in [-0.2, 0) is 0 Å². The van der Waals surface area contributed by atoms with Crippen molar-refractivity contribution < 1.29 is 4.39 Å². The molecule has 1 aromatic rings. The van der Waals surface area contributed by atoms with Crippen LogP contribution in [0.4, 0.5) is 15.8 Å². The highest BCUT2D eigenvalue weighted by atomic mass is 19.1. The predicted molar refractivity (Wildman–Crippen MR) is 74.6 cm³/mol. The van der Waals surface area contributed by atoms with Gasteiger partial charge in [0.05, 0.1) is 5.69 Å². The highest BCUT2D eigenvalue weighted by Gasteiger charge is 2.25. The molecule has 0 aromatic heterocycles. The van der Waals surface area contributed by atoms with E-state index in [1.54, 1.807) is 6.07 Å². The third kappa shape index (κ3) is 2.75. The fourth-order valence-corrected chi connectivity index (χ4v) is 2.18. The van der Waals surface area contributed by atoms with Gasteiger partial charge in [0.2, 0.25) is 0 Å². The van der Waals surface area contributed by atoms with Gasteiger partial charge in [0.1, 0.15) is 5.82 Å². The monoisotopic (exact) mass is 251 g/mol. The van der Waals surface area contributed by atoms with E-state index in [0.717, 1.165) is 18.5 Å². The molecule has 3 N–H and O–H groups in total. The lowest BCUT2D eigenvalue weighted by molar-refractivity contribution is 0.373. The Morgan fingerprint density at radius 2 is 2.06 bits per heavy atom. The molecule has 0 unspecified atom stereocenters. The lowest BCUT2D eigenvalue weighted by Gasteiger charge is -2.34. The second kappa shape index (κ2) is 5.14. The van der Waals surface area contributed by atoms with Gasteiger partial charge in [-0.15, -0.1) is 0 Å². The topological polar surface area (TPSA) is 41.3 Å². The van der Waals surface area contributed by atoms with Gasteiger partial charge in [0.15, 0.2) is 0 Å². The Labute approximate surface area is 108 Å². The lowest BCUT2D eigenvalue weighted by Crippen LogP contribution is -2.44. The number of hydrogen-bond acceptors (Lipinski definition) is 3. The maximum atomic E-state index is 14.0. The predicted octanol–water partition coefficient (Wildman–Crippen LogP) is 2.57. The smallest absolute Gasteiger partial charge is 0.148 e. The third-order valence-electron chi connectivity index (χ3n) is 3.65. The van der Waals surface area contributed by atoms with Crippen LogP contribution < -0.4 is 16.0 Å². The Hall–Kier alpha value is -1.29. The van der Waals surface area contributed by atoms with E-state index >= 15 is 0 Å². The number of hydrogen-bond donors (Lipinski definition) is 2. The van der Waals surface area contributed by atoms with Crippen LogP contribution in [0.15, 0.2) is 18.2 Å². The van der Waals surface area contributed by atoms with Gasteiger partial charge in [-0.2, -0.15) is 0 Å². The van der Waals surface area contributed by atoms with Gasteiger partial charge in [-0.1, -0.05) is 0 Å². The molecule has 0 saturated heterocycles. The third-order valence-corrected chi connectivity index (χ3v) is 3.65. The summed E-state index contributed by atoms with van der Waals surface area (Å²) in [6, 6.07) is 6.31. The minimum atomic E-state index is -0.181. The van der Waals surface area contributed by atoms with Crippen molar-refractivity contribution in [3.8, 4) is 0 Å². The molecule has 1 aromatic carbocycles. The molecule has 0 heterocycles. The maximum Gasteiger partial charge on any atom is 0.148 e. The van der Waals surface area contributed by atoms with E-state index < -0.39 is 0 Å². The average Bonchev–Trinajstić information content (AvgIpc) is 2.26. The molecule has 1 saturated carbocycles. The van der Waals surface area contributed by atoms with E-state index in [1.807, 2.05) is 37.9 Å². The molecule has 1 aliphatic rings. The van der Waals surface area contributed by atoms with Crippen molar-refractivity contribution in [2.24, 2.45) is 5.73 Å². The van der Waals surface area contributed by atoms with Crippen LogP contribution in [0, 0.1) is 5.82 Å². The standard InChI is InChI=1S/C14H22FN3/c1-9(2)18(3)14-5-4-11(8-13(14)15)17-12-6-10(16)7-12/h4-5,8-10,12,17H,6-7,16H2,1-3H3. The zero-order valence-corrected chi connectivity index (χ0v) is 11.3. The van der Waals surface area contributed by atoms with Crippen molar-refractivity contribution in [1.82, 2.24) is 0 Å². The maximum absolute atomic E-state index is 14.0. The van der Waals surface area contributed by atoms with Gasteiger partial charge >= 0.3 is 0 Å². The Bertz CT molecular complexity index is 414. The fourth-order valence-electron chi connectivity index (χ4n) is 2.18. The van der Waals surface area contributed by atoms with Gasteiger partial charge < -0.3 is 16.0 Å². The first-order valence-corrected chi connectivity index (χ1v) is 6.52. The number of halogens is 1. The second-order valence-corrected chi connectivity index (χ2v) is 5.44. The van der Waals surface area contributed by atoms with Crippen LogP contribution in [-0.4, -0.2) is 25.2 Å². The van der Waals surface area contributed by atoms with Crippen molar-refractivity contribution in [3.63, 3.8) is 0 Å². The quantitative estimate of drug-likeness (QED) is 0.864. The minimum Gasteiger partial charge on any atom is -0.382 e. The number of nitrogens with two attached hydrogens (primary N) is 1. The van der Waals surface area contributed by atoms with E-state index in [2.05, 4.69) is 5.32 Å². The number of nitrogens with zero attached hydrogens (tertiary/aromatic N) is 1. The highest BCUT2D eigenvalue weighted by molar-refractivity contribution is 5.56. The summed E-state index contributed by atoms with van der Waals surface area (Å²) in [5.74, 6) is -0.181. The van der Waals surface area contributed by atoms with Crippen LogP contribution in [0.1, 0.15) is 26.7 Å². The Balaban J connectivity index is 2.05. The summed E-state index contributed by atoms with van der Waals surface area (Å²) >= 11 is 0. The van der Waals surface area contributed by atoms with Crippen molar-refractivity contribution in [2.45, 2.75) is 44.8 Å². The molecule has 0 atom stereocenters. The number of rotatable bonds is 4. The van der Waals surface area contributed by atoms with E-state index in [9.17, 15) is 4.39 Å². The summed E-state index contributed by atoms with van der Waals surface area (Å²) in [6.45, 7) is 4.09. The van der Waals surface area contributed by atoms with Gasteiger partial charge in [0, 0.05) is 30.9 Å². The zero-order chi connectivity index (χ0) is 13.3. The average molecular weight is 251 g/mol. The number of nitrogens with one attached hydrogen (secondary N) is 1. The molecule has 1 fully saturated rings. The molecule has 4 heteroatoms. The summed E-state index contributed by atoms with van der Waals surface area (Å²) in [5, 5.41) is 3.31. The minimum absolute atomic E-state index is 0.181. The lowest BCUT2D eigenvalue weighted by atomic mass is 9.87. The van der Waals surface area contributed by atoms with E-state index in [0.29, 0.717) is 17.8 Å². The molecule has 0 radical (unpaired) electrons. The van der Waals surface area contributed by atoms with Gasteiger partial charge in [-0.3, -0.25) is 0 Å². The highest BCUT2D eigenvalue weighted by Crippen LogP contribution is 2.27. The largest absolute Gasteiger partial charge is 0.382 e. The number of benzene rings is 1. The Morgan fingerprint density at radius 1 is 1.39 bits per heavy atom. The SMILES string of the molecule is CC(C)N(C)c1ccc(NC2CC(N)C2)cc1F. The molecule has 0 bridgehead atoms. The molecule has 100 valence electrons. The van der Waals surface area contributed by atoms with Crippen LogP contribution in [0.2, 0.25) is 0 Å². The van der Waals surface area contributed by atoms with Crippen molar-refractivity contribution >= 4 is 11.4 Å². The summed E-state index contributed by atoms with van der Waals surface area (Å²) in [5.41, 5.74) is 7.21.